The Labute approximate surface area is 125 Å². The van der Waals surface area contributed by atoms with Crippen LogP contribution < -0.4 is 5.32 Å². The van der Waals surface area contributed by atoms with E-state index in [1.165, 1.54) is 0 Å². The number of rotatable bonds is 5. The van der Waals surface area contributed by atoms with Crippen LogP contribution in [0.3, 0.4) is 0 Å². The van der Waals surface area contributed by atoms with Crippen LogP contribution in [0.1, 0.15) is 28.9 Å². The van der Waals surface area contributed by atoms with E-state index in [4.69, 9.17) is 4.74 Å². The molecule has 0 radical (unpaired) electrons. The van der Waals surface area contributed by atoms with Crippen LogP contribution in [-0.2, 0) is 17.8 Å². The molecule has 0 aliphatic carbocycles. The number of amides is 1. The van der Waals surface area contributed by atoms with Gasteiger partial charge in [0, 0.05) is 29.3 Å². The monoisotopic (exact) mass is 338 g/mol. The van der Waals surface area contributed by atoms with E-state index < -0.39 is 0 Å². The van der Waals surface area contributed by atoms with Gasteiger partial charge in [-0.2, -0.15) is 0 Å². The van der Waals surface area contributed by atoms with Crippen molar-refractivity contribution in [2.75, 3.05) is 12.4 Å². The Hall–Kier alpha value is -1.73. The molecule has 0 fully saturated rings. The Morgan fingerprint density at radius 3 is 2.95 bits per heavy atom. The number of ether oxygens (including phenoxy) is 1. The maximum Gasteiger partial charge on any atom is 0.295 e. The number of carbonyl (C=O) groups excluding carboxylic acids is 1. The predicted molar refractivity (Wildman–Crippen MR) is 78.6 cm³/mol. The minimum atomic E-state index is -0.351. The zero-order chi connectivity index (χ0) is 14.5. The lowest BCUT2D eigenvalue weighted by molar-refractivity contribution is 0.101. The summed E-state index contributed by atoms with van der Waals surface area (Å²) in [6.45, 7) is 2.33. The van der Waals surface area contributed by atoms with Crippen molar-refractivity contribution in [2.45, 2.75) is 20.0 Å². The van der Waals surface area contributed by atoms with Gasteiger partial charge in [0.1, 0.15) is 5.82 Å². The van der Waals surface area contributed by atoms with Crippen molar-refractivity contribution in [3.63, 3.8) is 0 Å². The highest BCUT2D eigenvalue weighted by atomic mass is 79.9. The number of H-pyrrole nitrogens is 1. The third-order valence-electron chi connectivity index (χ3n) is 2.73. The first-order valence-corrected chi connectivity index (χ1v) is 6.94. The molecule has 2 aromatic rings. The number of aromatic nitrogens is 3. The molecule has 0 aliphatic heterocycles. The molecule has 0 spiro atoms. The van der Waals surface area contributed by atoms with E-state index in [2.05, 4.69) is 36.4 Å². The number of hydrogen-bond acceptors (Lipinski definition) is 4. The SMILES string of the molecule is CCc1nc(C(=O)Nc2cccc(Br)c2COC)n[nH]1. The molecule has 0 unspecified atom stereocenters. The molecule has 0 saturated carbocycles. The fourth-order valence-corrected chi connectivity index (χ4v) is 2.18. The van der Waals surface area contributed by atoms with E-state index in [0.29, 0.717) is 24.5 Å². The summed E-state index contributed by atoms with van der Waals surface area (Å²) in [6, 6.07) is 5.55. The van der Waals surface area contributed by atoms with Crippen molar-refractivity contribution in [1.82, 2.24) is 15.2 Å². The number of benzene rings is 1. The van der Waals surface area contributed by atoms with E-state index in [1.807, 2.05) is 25.1 Å². The smallest absolute Gasteiger partial charge is 0.295 e. The van der Waals surface area contributed by atoms with Crippen LogP contribution in [0, 0.1) is 0 Å². The third-order valence-corrected chi connectivity index (χ3v) is 3.47. The lowest BCUT2D eigenvalue weighted by Crippen LogP contribution is -2.15. The number of hydrogen-bond donors (Lipinski definition) is 2. The van der Waals surface area contributed by atoms with E-state index >= 15 is 0 Å². The summed E-state index contributed by atoms with van der Waals surface area (Å²) >= 11 is 3.44. The van der Waals surface area contributed by atoms with Crippen molar-refractivity contribution in [3.05, 3.63) is 39.9 Å². The van der Waals surface area contributed by atoms with Gasteiger partial charge < -0.3 is 10.1 Å². The summed E-state index contributed by atoms with van der Waals surface area (Å²) in [5, 5.41) is 9.40. The standard InChI is InChI=1S/C13H15BrN4O2/c1-3-11-16-12(18-17-11)13(19)15-10-6-4-5-9(14)8(10)7-20-2/h4-6H,3,7H2,1-2H3,(H,15,19)(H,16,17,18). The van der Waals surface area contributed by atoms with Gasteiger partial charge in [0.25, 0.3) is 5.91 Å². The molecule has 1 aromatic carbocycles. The maximum atomic E-state index is 12.1. The van der Waals surface area contributed by atoms with Crippen molar-refractivity contribution in [1.29, 1.82) is 0 Å². The number of aromatic amines is 1. The zero-order valence-corrected chi connectivity index (χ0v) is 12.8. The van der Waals surface area contributed by atoms with Crippen LogP contribution in [0.5, 0.6) is 0 Å². The van der Waals surface area contributed by atoms with E-state index in [0.717, 1.165) is 10.0 Å². The van der Waals surface area contributed by atoms with E-state index in [-0.39, 0.29) is 11.7 Å². The Kier molecular flexibility index (Phi) is 4.86. The fraction of sp³-hybridized carbons (Fsp3) is 0.308. The lowest BCUT2D eigenvalue weighted by Gasteiger charge is -2.11. The van der Waals surface area contributed by atoms with Gasteiger partial charge >= 0.3 is 0 Å². The van der Waals surface area contributed by atoms with Crippen molar-refractivity contribution in [2.24, 2.45) is 0 Å². The predicted octanol–water partition coefficient (Wildman–Crippen LogP) is 2.53. The number of anilines is 1. The molecule has 106 valence electrons. The molecular formula is C13H15BrN4O2. The molecular weight excluding hydrogens is 324 g/mol. The van der Waals surface area contributed by atoms with E-state index in [1.54, 1.807) is 7.11 Å². The van der Waals surface area contributed by atoms with Crippen LogP contribution in [0.15, 0.2) is 22.7 Å². The molecule has 1 aromatic heterocycles. The molecule has 2 N–H and O–H groups in total. The Morgan fingerprint density at radius 1 is 1.50 bits per heavy atom. The van der Waals surface area contributed by atoms with Gasteiger partial charge in [-0.3, -0.25) is 9.89 Å². The first-order valence-electron chi connectivity index (χ1n) is 6.14. The minimum Gasteiger partial charge on any atom is -0.380 e. The van der Waals surface area contributed by atoms with Crippen LogP contribution in [-0.4, -0.2) is 28.2 Å². The Balaban J connectivity index is 2.21. The van der Waals surface area contributed by atoms with Crippen LogP contribution in [0.4, 0.5) is 5.69 Å². The Morgan fingerprint density at radius 2 is 2.30 bits per heavy atom. The van der Waals surface area contributed by atoms with Gasteiger partial charge in [0.15, 0.2) is 0 Å². The maximum absolute atomic E-state index is 12.1. The molecule has 1 heterocycles. The van der Waals surface area contributed by atoms with Crippen LogP contribution in [0.2, 0.25) is 0 Å². The van der Waals surface area contributed by atoms with Crippen molar-refractivity contribution < 1.29 is 9.53 Å². The summed E-state index contributed by atoms with van der Waals surface area (Å²) in [7, 11) is 1.60. The number of halogens is 1. The topological polar surface area (TPSA) is 79.9 Å². The van der Waals surface area contributed by atoms with Crippen LogP contribution >= 0.6 is 15.9 Å². The van der Waals surface area contributed by atoms with Gasteiger partial charge in [-0.15, -0.1) is 5.10 Å². The average molecular weight is 339 g/mol. The molecule has 1 amide bonds. The summed E-state index contributed by atoms with van der Waals surface area (Å²) in [6.07, 6.45) is 0.700. The van der Waals surface area contributed by atoms with Gasteiger partial charge in [0.05, 0.1) is 6.61 Å². The number of nitrogens with one attached hydrogen (secondary N) is 2. The highest BCUT2D eigenvalue weighted by molar-refractivity contribution is 9.10. The van der Waals surface area contributed by atoms with Crippen LogP contribution in [0.25, 0.3) is 0 Å². The highest BCUT2D eigenvalue weighted by Gasteiger charge is 2.15. The molecule has 6 nitrogen and oxygen atoms in total. The molecule has 20 heavy (non-hydrogen) atoms. The average Bonchev–Trinajstić information content (AvgIpc) is 2.91. The fourth-order valence-electron chi connectivity index (χ4n) is 1.70. The van der Waals surface area contributed by atoms with Gasteiger partial charge in [-0.1, -0.05) is 28.9 Å². The molecule has 0 saturated heterocycles. The highest BCUT2D eigenvalue weighted by Crippen LogP contribution is 2.25. The second-order valence-electron chi connectivity index (χ2n) is 4.11. The quantitative estimate of drug-likeness (QED) is 0.877. The summed E-state index contributed by atoms with van der Waals surface area (Å²) in [5.41, 5.74) is 1.55. The summed E-state index contributed by atoms with van der Waals surface area (Å²) in [5.74, 6) is 0.461. The normalized spacial score (nSPS) is 10.6. The van der Waals surface area contributed by atoms with Crippen molar-refractivity contribution >= 4 is 27.5 Å². The molecule has 0 bridgehead atoms. The number of aryl methyl sites for hydroxylation is 1. The second kappa shape index (κ2) is 6.62. The summed E-state index contributed by atoms with van der Waals surface area (Å²) in [4.78, 5) is 16.2. The molecule has 0 aliphatic rings. The first kappa shape index (κ1) is 14.7. The molecule has 0 atom stereocenters. The minimum absolute atomic E-state index is 0.130. The summed E-state index contributed by atoms with van der Waals surface area (Å²) < 4.78 is 6.02. The molecule has 7 heteroatoms. The zero-order valence-electron chi connectivity index (χ0n) is 11.2. The van der Waals surface area contributed by atoms with Gasteiger partial charge in [-0.05, 0) is 12.1 Å². The second-order valence-corrected chi connectivity index (χ2v) is 4.97. The van der Waals surface area contributed by atoms with Crippen molar-refractivity contribution in [3.8, 4) is 0 Å². The Bertz CT molecular complexity index is 612. The number of methoxy groups -OCH3 is 1. The molecule has 2 rings (SSSR count). The van der Waals surface area contributed by atoms with Gasteiger partial charge in [-0.25, -0.2) is 4.98 Å². The third kappa shape index (κ3) is 3.23. The number of nitrogens with zero attached hydrogens (tertiary/aromatic N) is 2. The first-order chi connectivity index (χ1) is 9.65. The van der Waals surface area contributed by atoms with E-state index in [9.17, 15) is 4.79 Å². The van der Waals surface area contributed by atoms with Gasteiger partial charge in [0.2, 0.25) is 5.82 Å². The largest absolute Gasteiger partial charge is 0.380 e. The number of carbonyl (C=O) groups is 1. The lowest BCUT2D eigenvalue weighted by atomic mass is 10.2.